The van der Waals surface area contributed by atoms with Crippen LogP contribution in [0, 0.1) is 0 Å². The van der Waals surface area contributed by atoms with E-state index < -0.39 is 37.1 Å². The molecule has 0 bridgehead atoms. The third kappa shape index (κ3) is 3.94. The molecule has 29 heavy (non-hydrogen) atoms. The van der Waals surface area contributed by atoms with Crippen molar-refractivity contribution in [1.82, 2.24) is 4.98 Å². The summed E-state index contributed by atoms with van der Waals surface area (Å²) >= 11 is 0. The van der Waals surface area contributed by atoms with E-state index in [-0.39, 0.29) is 0 Å². The van der Waals surface area contributed by atoms with Gasteiger partial charge in [-0.1, -0.05) is 48.5 Å². The van der Waals surface area contributed by atoms with Crippen molar-refractivity contribution in [2.24, 2.45) is 0 Å². The minimum Gasteiger partial charge on any atom is -0.394 e. The maximum Gasteiger partial charge on any atom is 0.113 e. The van der Waals surface area contributed by atoms with Crippen LogP contribution >= 0.6 is 0 Å². The van der Waals surface area contributed by atoms with Gasteiger partial charge in [0.1, 0.15) is 30.5 Å². The number of ether oxygens (including phenoxy) is 1. The van der Waals surface area contributed by atoms with Crippen molar-refractivity contribution < 1.29 is 25.2 Å². The molecule has 0 aliphatic carbocycles. The van der Waals surface area contributed by atoms with Gasteiger partial charge in [-0.3, -0.25) is 4.98 Å². The van der Waals surface area contributed by atoms with Crippen LogP contribution in [0.25, 0.3) is 22.3 Å². The van der Waals surface area contributed by atoms with Crippen molar-refractivity contribution in [1.29, 1.82) is 0 Å². The van der Waals surface area contributed by atoms with E-state index in [2.05, 4.69) is 4.98 Å². The Morgan fingerprint density at radius 3 is 2.10 bits per heavy atom. The average molecular weight is 393 g/mol. The summed E-state index contributed by atoms with van der Waals surface area (Å²) in [6.45, 7) is -0.447. The largest absolute Gasteiger partial charge is 0.394 e. The molecule has 6 nitrogen and oxygen atoms in total. The second kappa shape index (κ2) is 8.41. The molecular formula is C23H23NO5. The molecule has 4 rings (SSSR count). The summed E-state index contributed by atoms with van der Waals surface area (Å²) in [5.41, 5.74) is 4.68. The van der Waals surface area contributed by atoms with Crippen LogP contribution in [0.3, 0.4) is 0 Å². The number of rotatable bonds is 4. The second-order valence-electron chi connectivity index (χ2n) is 7.19. The number of aliphatic hydroxyl groups is 4. The first-order chi connectivity index (χ1) is 14.1. The van der Waals surface area contributed by atoms with Crippen LogP contribution in [0.1, 0.15) is 11.7 Å². The molecule has 2 aromatic carbocycles. The number of pyridine rings is 1. The fraction of sp³-hybridized carbons (Fsp3) is 0.261. The van der Waals surface area contributed by atoms with Gasteiger partial charge in [0.15, 0.2) is 0 Å². The van der Waals surface area contributed by atoms with E-state index in [9.17, 15) is 20.4 Å². The van der Waals surface area contributed by atoms with Crippen molar-refractivity contribution in [3.05, 3.63) is 78.6 Å². The number of benzene rings is 2. The average Bonchev–Trinajstić information content (AvgIpc) is 2.78. The fourth-order valence-electron chi connectivity index (χ4n) is 3.66. The maximum absolute atomic E-state index is 10.4. The van der Waals surface area contributed by atoms with Crippen LogP contribution in [0.5, 0.6) is 0 Å². The Kier molecular flexibility index (Phi) is 5.71. The van der Waals surface area contributed by atoms with Gasteiger partial charge in [-0.15, -0.1) is 0 Å². The number of hydrogen-bond donors (Lipinski definition) is 4. The van der Waals surface area contributed by atoms with E-state index in [0.29, 0.717) is 5.56 Å². The normalized spacial score (nSPS) is 27.0. The lowest BCUT2D eigenvalue weighted by atomic mass is 9.90. The van der Waals surface area contributed by atoms with Gasteiger partial charge in [0, 0.05) is 12.4 Å². The predicted octanol–water partition coefficient (Wildman–Crippen LogP) is 1.93. The molecule has 1 saturated heterocycles. The van der Waals surface area contributed by atoms with Gasteiger partial charge >= 0.3 is 0 Å². The van der Waals surface area contributed by atoms with Crippen LogP contribution in [-0.2, 0) is 4.74 Å². The minimum atomic E-state index is -1.40. The summed E-state index contributed by atoms with van der Waals surface area (Å²) in [5, 5.41) is 39.8. The topological polar surface area (TPSA) is 103 Å². The van der Waals surface area contributed by atoms with Gasteiger partial charge in [-0.05, 0) is 39.9 Å². The van der Waals surface area contributed by atoms with Crippen LogP contribution in [0.15, 0.2) is 73.1 Å². The Bertz CT molecular complexity index is 945. The molecule has 0 saturated carbocycles. The summed E-state index contributed by atoms with van der Waals surface area (Å²) in [4.78, 5) is 4.14. The molecule has 0 amide bonds. The molecule has 4 N–H and O–H groups in total. The molecule has 2 heterocycles. The smallest absolute Gasteiger partial charge is 0.113 e. The summed E-state index contributed by atoms with van der Waals surface area (Å²) in [6.07, 6.45) is -2.28. The lowest BCUT2D eigenvalue weighted by Crippen LogP contribution is -2.55. The van der Waals surface area contributed by atoms with Gasteiger partial charge < -0.3 is 25.2 Å². The highest BCUT2D eigenvalue weighted by Gasteiger charge is 2.43. The summed E-state index contributed by atoms with van der Waals surface area (Å²) in [7, 11) is 0. The number of hydrogen-bond acceptors (Lipinski definition) is 6. The number of nitrogens with zero attached hydrogens (tertiary/aromatic N) is 1. The Balaban J connectivity index is 1.60. The monoisotopic (exact) mass is 393 g/mol. The van der Waals surface area contributed by atoms with Gasteiger partial charge in [-0.2, -0.15) is 0 Å². The van der Waals surface area contributed by atoms with E-state index in [1.165, 1.54) is 0 Å². The van der Waals surface area contributed by atoms with Crippen molar-refractivity contribution in [3.8, 4) is 22.3 Å². The van der Waals surface area contributed by atoms with Gasteiger partial charge in [-0.25, -0.2) is 0 Å². The third-order valence-corrected chi connectivity index (χ3v) is 5.32. The van der Waals surface area contributed by atoms with Crippen LogP contribution in [-0.4, -0.2) is 56.4 Å². The van der Waals surface area contributed by atoms with Crippen molar-refractivity contribution in [3.63, 3.8) is 0 Å². The Hall–Kier alpha value is -2.61. The molecule has 5 atom stereocenters. The predicted molar refractivity (Wildman–Crippen MR) is 108 cm³/mol. The maximum atomic E-state index is 10.4. The van der Waals surface area contributed by atoms with Crippen molar-refractivity contribution in [2.75, 3.05) is 6.61 Å². The van der Waals surface area contributed by atoms with Crippen LogP contribution < -0.4 is 0 Å². The summed E-state index contributed by atoms with van der Waals surface area (Å²) < 4.78 is 5.67. The SMILES string of the molecule is OC[C@H]1O[C@H](c2cccc(-c3ccc(-c4cccnc4)cc3)c2)[C@@H](O)[C@@H](O)[C@@H]1O. The molecule has 6 heteroatoms. The molecule has 1 aromatic heterocycles. The molecular weight excluding hydrogens is 370 g/mol. The van der Waals surface area contributed by atoms with Gasteiger partial charge in [0.2, 0.25) is 0 Å². The molecule has 3 aromatic rings. The van der Waals surface area contributed by atoms with E-state index in [1.54, 1.807) is 12.3 Å². The highest BCUT2D eigenvalue weighted by atomic mass is 16.5. The van der Waals surface area contributed by atoms with E-state index >= 15 is 0 Å². The zero-order chi connectivity index (χ0) is 20.4. The van der Waals surface area contributed by atoms with Crippen LogP contribution in [0.2, 0.25) is 0 Å². The molecule has 0 radical (unpaired) electrons. The lowest BCUT2D eigenvalue weighted by Gasteiger charge is -2.40. The lowest BCUT2D eigenvalue weighted by molar-refractivity contribution is -0.231. The fourth-order valence-corrected chi connectivity index (χ4v) is 3.66. The van der Waals surface area contributed by atoms with Gasteiger partial charge in [0.25, 0.3) is 0 Å². The number of aliphatic hydroxyl groups excluding tert-OH is 4. The zero-order valence-corrected chi connectivity index (χ0v) is 15.7. The first-order valence-corrected chi connectivity index (χ1v) is 9.50. The Labute approximate surface area is 168 Å². The third-order valence-electron chi connectivity index (χ3n) is 5.32. The molecule has 1 fully saturated rings. The molecule has 1 aliphatic heterocycles. The molecule has 1 aliphatic rings. The second-order valence-corrected chi connectivity index (χ2v) is 7.19. The minimum absolute atomic E-state index is 0.447. The molecule has 0 spiro atoms. The van der Waals surface area contributed by atoms with Crippen molar-refractivity contribution in [2.45, 2.75) is 30.5 Å². The number of aromatic nitrogens is 1. The van der Waals surface area contributed by atoms with E-state index in [1.807, 2.05) is 60.8 Å². The first kappa shape index (κ1) is 19.7. The Morgan fingerprint density at radius 1 is 0.759 bits per heavy atom. The van der Waals surface area contributed by atoms with Crippen molar-refractivity contribution >= 4 is 0 Å². The molecule has 0 unspecified atom stereocenters. The highest BCUT2D eigenvalue weighted by molar-refractivity contribution is 5.70. The van der Waals surface area contributed by atoms with Gasteiger partial charge in [0.05, 0.1) is 6.61 Å². The zero-order valence-electron chi connectivity index (χ0n) is 15.7. The Morgan fingerprint density at radius 2 is 1.45 bits per heavy atom. The van der Waals surface area contributed by atoms with E-state index in [4.69, 9.17) is 4.74 Å². The summed E-state index contributed by atoms with van der Waals surface area (Å²) in [6, 6.07) is 19.4. The molecule has 150 valence electrons. The van der Waals surface area contributed by atoms with E-state index in [0.717, 1.165) is 22.3 Å². The standard InChI is InChI=1S/C23H23NO5/c25-13-19-20(26)21(27)22(28)23(29-19)17-4-1-3-16(11-17)14-6-8-15(9-7-14)18-5-2-10-24-12-18/h1-12,19-23,25-28H,13H2/t19-,20-,21+,22+,23-/m1/s1. The van der Waals surface area contributed by atoms with Crippen LogP contribution in [0.4, 0.5) is 0 Å². The first-order valence-electron chi connectivity index (χ1n) is 9.50. The summed E-state index contributed by atoms with van der Waals surface area (Å²) in [5.74, 6) is 0. The highest BCUT2D eigenvalue weighted by Crippen LogP contribution is 2.34. The quantitative estimate of drug-likeness (QED) is 0.540.